The van der Waals surface area contributed by atoms with Gasteiger partial charge in [0.1, 0.15) is 5.69 Å². The zero-order chi connectivity index (χ0) is 18.6. The summed E-state index contributed by atoms with van der Waals surface area (Å²) in [5, 5.41) is 26.0. The molecule has 0 atom stereocenters. The number of H-pyrrole nitrogens is 1. The molecule has 1 aromatic heterocycles. The van der Waals surface area contributed by atoms with E-state index in [9.17, 15) is 25.0 Å². The van der Waals surface area contributed by atoms with E-state index in [4.69, 9.17) is 0 Å². The minimum absolute atomic E-state index is 0.0466. The average Bonchev–Trinajstić information content (AvgIpc) is 2.56. The van der Waals surface area contributed by atoms with Crippen LogP contribution in [0.4, 0.5) is 17.1 Å². The Morgan fingerprint density at radius 2 is 2.04 bits per heavy atom. The summed E-state index contributed by atoms with van der Waals surface area (Å²) in [5.41, 5.74) is 1.68. The third-order valence-electron chi connectivity index (χ3n) is 3.08. The van der Waals surface area contributed by atoms with Gasteiger partial charge in [0.15, 0.2) is 5.16 Å². The standard InChI is InChI=1S/C13H12N6O5S/c1-7-9(12(20)16-13(15-7)25-2)6-14-17-10-4-3-8(18(21)22)5-11(10)19(23)24/h3-6,17H,1-2H3,(H,15,16,20). The molecule has 0 aliphatic carbocycles. The fraction of sp³-hybridized carbons (Fsp3) is 0.154. The predicted octanol–water partition coefficient (Wildman–Crippen LogP) is 2.06. The molecule has 2 N–H and O–H groups in total. The number of anilines is 1. The van der Waals surface area contributed by atoms with Crippen LogP contribution in [0.15, 0.2) is 33.3 Å². The maximum absolute atomic E-state index is 11.9. The molecule has 130 valence electrons. The van der Waals surface area contributed by atoms with Crippen molar-refractivity contribution < 1.29 is 9.85 Å². The van der Waals surface area contributed by atoms with Gasteiger partial charge in [-0.05, 0) is 19.2 Å². The van der Waals surface area contributed by atoms with E-state index < -0.39 is 26.8 Å². The number of rotatable bonds is 6. The number of aryl methyl sites for hydroxylation is 1. The van der Waals surface area contributed by atoms with Gasteiger partial charge in [0.2, 0.25) is 0 Å². The van der Waals surface area contributed by atoms with Crippen molar-refractivity contribution in [2.75, 3.05) is 11.7 Å². The first kappa shape index (κ1) is 18.1. The summed E-state index contributed by atoms with van der Waals surface area (Å²) in [5.74, 6) is 0. The smallest absolute Gasteiger partial charge is 0.301 e. The summed E-state index contributed by atoms with van der Waals surface area (Å²) in [6.07, 6.45) is 2.94. The Hall–Kier alpha value is -3.28. The van der Waals surface area contributed by atoms with Crippen LogP contribution in [0, 0.1) is 27.2 Å². The molecule has 0 spiro atoms. The molecule has 0 bridgehead atoms. The Morgan fingerprint density at radius 3 is 2.60 bits per heavy atom. The molecule has 0 saturated carbocycles. The second-order valence-corrected chi connectivity index (χ2v) is 5.45. The summed E-state index contributed by atoms with van der Waals surface area (Å²) >= 11 is 1.28. The fourth-order valence-corrected chi connectivity index (χ4v) is 2.29. The van der Waals surface area contributed by atoms with E-state index in [1.165, 1.54) is 24.0 Å². The van der Waals surface area contributed by atoms with E-state index in [0.717, 1.165) is 12.1 Å². The number of hydrazone groups is 1. The maximum Gasteiger partial charge on any atom is 0.301 e. The Morgan fingerprint density at radius 1 is 1.32 bits per heavy atom. The van der Waals surface area contributed by atoms with Gasteiger partial charge in [0.05, 0.1) is 33.4 Å². The number of hydrogen-bond donors (Lipinski definition) is 2. The van der Waals surface area contributed by atoms with Gasteiger partial charge in [-0.2, -0.15) is 5.10 Å². The van der Waals surface area contributed by atoms with Crippen LogP contribution in [0.25, 0.3) is 0 Å². The summed E-state index contributed by atoms with van der Waals surface area (Å²) in [6, 6.07) is 3.10. The first-order valence-electron chi connectivity index (χ1n) is 6.70. The van der Waals surface area contributed by atoms with Crippen LogP contribution in [0.5, 0.6) is 0 Å². The molecule has 0 saturated heterocycles. The number of hydrogen-bond acceptors (Lipinski definition) is 9. The van der Waals surface area contributed by atoms with E-state index in [2.05, 4.69) is 20.5 Å². The molecule has 11 nitrogen and oxygen atoms in total. The van der Waals surface area contributed by atoms with Gasteiger partial charge in [-0.1, -0.05) is 11.8 Å². The molecular formula is C13H12N6O5S. The molecule has 0 unspecified atom stereocenters. The summed E-state index contributed by atoms with van der Waals surface area (Å²) in [6.45, 7) is 1.63. The van der Waals surface area contributed by atoms with Crippen LogP contribution < -0.4 is 11.0 Å². The molecule has 0 aliphatic heterocycles. The van der Waals surface area contributed by atoms with Crippen LogP contribution in [-0.2, 0) is 0 Å². The number of benzene rings is 1. The fourth-order valence-electron chi connectivity index (χ4n) is 1.86. The highest BCUT2D eigenvalue weighted by atomic mass is 32.2. The van der Waals surface area contributed by atoms with Crippen molar-refractivity contribution in [1.82, 2.24) is 9.97 Å². The zero-order valence-electron chi connectivity index (χ0n) is 13.0. The van der Waals surface area contributed by atoms with E-state index in [-0.39, 0.29) is 11.3 Å². The maximum atomic E-state index is 11.9. The molecule has 0 fully saturated rings. The first-order valence-corrected chi connectivity index (χ1v) is 7.92. The van der Waals surface area contributed by atoms with Crippen LogP contribution in [0.3, 0.4) is 0 Å². The quantitative estimate of drug-likeness (QED) is 0.259. The third-order valence-corrected chi connectivity index (χ3v) is 3.67. The number of aromatic amines is 1. The number of nitro groups is 2. The van der Waals surface area contributed by atoms with Crippen LogP contribution in [0.1, 0.15) is 11.3 Å². The number of thioether (sulfide) groups is 1. The highest BCUT2D eigenvalue weighted by Gasteiger charge is 2.19. The second-order valence-electron chi connectivity index (χ2n) is 4.66. The number of nitrogens with one attached hydrogen (secondary N) is 2. The lowest BCUT2D eigenvalue weighted by Gasteiger charge is -2.03. The Labute approximate surface area is 144 Å². The molecule has 1 heterocycles. The van der Waals surface area contributed by atoms with E-state index in [1.54, 1.807) is 13.2 Å². The Kier molecular flexibility index (Phi) is 5.44. The number of nitrogens with zero attached hydrogens (tertiary/aromatic N) is 4. The molecule has 0 amide bonds. The average molecular weight is 364 g/mol. The number of non-ortho nitro benzene ring substituents is 1. The van der Waals surface area contributed by atoms with Gasteiger partial charge >= 0.3 is 5.69 Å². The van der Waals surface area contributed by atoms with Crippen LogP contribution >= 0.6 is 11.8 Å². The highest BCUT2D eigenvalue weighted by Crippen LogP contribution is 2.28. The molecule has 2 aromatic rings. The zero-order valence-corrected chi connectivity index (χ0v) is 13.9. The van der Waals surface area contributed by atoms with Crippen LogP contribution in [-0.4, -0.2) is 32.3 Å². The van der Waals surface area contributed by atoms with Crippen molar-refractivity contribution in [3.63, 3.8) is 0 Å². The van der Waals surface area contributed by atoms with E-state index in [1.807, 2.05) is 0 Å². The molecule has 0 radical (unpaired) electrons. The Bertz CT molecular complexity index is 926. The third kappa shape index (κ3) is 4.17. The normalized spacial score (nSPS) is 10.8. The van der Waals surface area contributed by atoms with Crippen LogP contribution in [0.2, 0.25) is 0 Å². The van der Waals surface area contributed by atoms with E-state index >= 15 is 0 Å². The number of aromatic nitrogens is 2. The van der Waals surface area contributed by atoms with Crippen molar-refractivity contribution >= 4 is 35.0 Å². The van der Waals surface area contributed by atoms with Gasteiger partial charge < -0.3 is 4.98 Å². The minimum Gasteiger partial charge on any atom is -0.301 e. The van der Waals surface area contributed by atoms with Crippen molar-refractivity contribution in [1.29, 1.82) is 0 Å². The van der Waals surface area contributed by atoms with Gasteiger partial charge in [-0.3, -0.25) is 30.4 Å². The summed E-state index contributed by atoms with van der Waals surface area (Å²) in [4.78, 5) is 38.9. The lowest BCUT2D eigenvalue weighted by molar-refractivity contribution is -0.393. The predicted molar refractivity (Wildman–Crippen MR) is 92.3 cm³/mol. The largest absolute Gasteiger partial charge is 0.301 e. The lowest BCUT2D eigenvalue weighted by atomic mass is 10.2. The highest BCUT2D eigenvalue weighted by molar-refractivity contribution is 7.98. The summed E-state index contributed by atoms with van der Waals surface area (Å²) in [7, 11) is 0. The van der Waals surface area contributed by atoms with Gasteiger partial charge in [-0.25, -0.2) is 4.98 Å². The molecule has 25 heavy (non-hydrogen) atoms. The first-order chi connectivity index (χ1) is 11.8. The van der Waals surface area contributed by atoms with Gasteiger partial charge in [-0.15, -0.1) is 0 Å². The van der Waals surface area contributed by atoms with Crippen molar-refractivity contribution in [3.8, 4) is 0 Å². The Balaban J connectivity index is 2.30. The lowest BCUT2D eigenvalue weighted by Crippen LogP contribution is -2.17. The second kappa shape index (κ2) is 7.53. The van der Waals surface area contributed by atoms with E-state index in [0.29, 0.717) is 10.9 Å². The van der Waals surface area contributed by atoms with Crippen molar-refractivity contribution in [2.45, 2.75) is 12.1 Å². The SMILES string of the molecule is CSc1nc(C)c(C=NNc2ccc([N+](=O)[O-])cc2[N+](=O)[O-])c(=O)[nH]1. The molecule has 0 aliphatic rings. The molecule has 1 aromatic carbocycles. The number of nitro benzene ring substituents is 2. The van der Waals surface area contributed by atoms with Crippen molar-refractivity contribution in [3.05, 3.63) is 60.0 Å². The summed E-state index contributed by atoms with van der Waals surface area (Å²) < 4.78 is 0. The topological polar surface area (TPSA) is 156 Å². The molecule has 12 heteroatoms. The van der Waals surface area contributed by atoms with Gasteiger partial charge in [0.25, 0.3) is 11.2 Å². The minimum atomic E-state index is -0.766. The molecular weight excluding hydrogens is 352 g/mol. The van der Waals surface area contributed by atoms with Crippen molar-refractivity contribution in [2.24, 2.45) is 5.10 Å². The monoisotopic (exact) mass is 364 g/mol. The molecule has 2 rings (SSSR count). The van der Waals surface area contributed by atoms with Gasteiger partial charge in [0, 0.05) is 6.07 Å².